The highest BCUT2D eigenvalue weighted by Crippen LogP contribution is 2.54. The lowest BCUT2D eigenvalue weighted by atomic mass is 9.67. The zero-order valence-corrected chi connectivity index (χ0v) is 22.9. The van der Waals surface area contributed by atoms with Crippen molar-refractivity contribution in [3.63, 3.8) is 0 Å². The number of esters is 1. The summed E-state index contributed by atoms with van der Waals surface area (Å²) in [6.45, 7) is 16.5. The van der Waals surface area contributed by atoms with Gasteiger partial charge in [-0.3, -0.25) is 9.63 Å². The first-order valence-corrected chi connectivity index (χ1v) is 13.3. The average molecular weight is 506 g/mol. The standard InChI is InChI=1S/C28H43NO7/c1-8-26(6)18-28(34-17-25(35-28)16-31-21(5)30)20(4)27(7,9-2)29(26)36-19(3)22-10-12-23(13-11-22)32-14-24-15-33-24/h10-13,19-20,24-25H,8-9,14-18H2,1-7H3. The lowest BCUT2D eigenvalue weighted by molar-refractivity contribution is -0.380. The molecule has 3 saturated heterocycles. The molecular weight excluding hydrogens is 462 g/mol. The van der Waals surface area contributed by atoms with Crippen molar-refractivity contribution < 1.29 is 33.3 Å². The topological polar surface area (TPSA) is 79.0 Å². The maximum absolute atomic E-state index is 11.3. The Morgan fingerprint density at radius 2 is 1.81 bits per heavy atom. The maximum atomic E-state index is 11.3. The Kier molecular flexibility index (Phi) is 8.03. The second-order valence-corrected chi connectivity index (χ2v) is 11.0. The van der Waals surface area contributed by atoms with Crippen molar-refractivity contribution in [2.45, 2.75) is 103 Å². The molecule has 4 rings (SSSR count). The van der Waals surface area contributed by atoms with E-state index in [1.54, 1.807) is 0 Å². The molecular formula is C28H43NO7. The van der Waals surface area contributed by atoms with Crippen LogP contribution in [-0.4, -0.2) is 66.5 Å². The lowest BCUT2D eigenvalue weighted by Gasteiger charge is -2.62. The van der Waals surface area contributed by atoms with E-state index in [1.807, 2.05) is 12.1 Å². The summed E-state index contributed by atoms with van der Waals surface area (Å²) < 4.78 is 29.2. The molecule has 1 aromatic rings. The molecule has 0 saturated carbocycles. The average Bonchev–Trinajstić information content (AvgIpc) is 3.62. The summed E-state index contributed by atoms with van der Waals surface area (Å²) in [5, 5.41) is 2.22. The number of epoxide rings is 1. The monoisotopic (exact) mass is 505 g/mol. The summed E-state index contributed by atoms with van der Waals surface area (Å²) in [5.74, 6) is -0.207. The van der Waals surface area contributed by atoms with Crippen molar-refractivity contribution in [3.8, 4) is 5.75 Å². The molecule has 0 aliphatic carbocycles. The van der Waals surface area contributed by atoms with Crippen LogP contribution in [0, 0.1) is 5.92 Å². The van der Waals surface area contributed by atoms with Crippen molar-refractivity contribution in [3.05, 3.63) is 29.8 Å². The number of nitrogens with zero attached hydrogens (tertiary/aromatic N) is 1. The minimum Gasteiger partial charge on any atom is -0.491 e. The molecule has 0 bridgehead atoms. The summed E-state index contributed by atoms with van der Waals surface area (Å²) in [5.41, 5.74) is 0.417. The third-order valence-corrected chi connectivity index (χ3v) is 8.46. The number of benzene rings is 1. The number of hydrogen-bond acceptors (Lipinski definition) is 8. The molecule has 0 aromatic heterocycles. The van der Waals surface area contributed by atoms with Crippen LogP contribution >= 0.6 is 0 Å². The van der Waals surface area contributed by atoms with Gasteiger partial charge in [0, 0.05) is 24.8 Å². The van der Waals surface area contributed by atoms with E-state index in [4.69, 9.17) is 28.5 Å². The molecule has 7 unspecified atom stereocenters. The Bertz CT molecular complexity index is 906. The van der Waals surface area contributed by atoms with Crippen LogP contribution < -0.4 is 4.74 Å². The predicted molar refractivity (Wildman–Crippen MR) is 134 cm³/mol. The molecule has 8 heteroatoms. The summed E-state index contributed by atoms with van der Waals surface area (Å²) in [7, 11) is 0. The Labute approximate surface area is 215 Å². The van der Waals surface area contributed by atoms with Crippen molar-refractivity contribution in [2.24, 2.45) is 5.92 Å². The van der Waals surface area contributed by atoms with Gasteiger partial charge in [-0.1, -0.05) is 32.9 Å². The number of carbonyl (C=O) groups is 1. The molecule has 3 aliphatic rings. The van der Waals surface area contributed by atoms with Gasteiger partial charge in [0.15, 0.2) is 5.79 Å². The molecule has 1 spiro atoms. The first-order chi connectivity index (χ1) is 17.0. The first kappa shape index (κ1) is 27.3. The van der Waals surface area contributed by atoms with Crippen LogP contribution in [0.2, 0.25) is 0 Å². The fourth-order valence-corrected chi connectivity index (χ4v) is 5.59. The maximum Gasteiger partial charge on any atom is 0.302 e. The molecule has 3 heterocycles. The number of hydrogen-bond donors (Lipinski definition) is 0. The highest BCUT2D eigenvalue weighted by atomic mass is 16.8. The van der Waals surface area contributed by atoms with Crippen LogP contribution in [0.15, 0.2) is 24.3 Å². The number of ether oxygens (including phenoxy) is 5. The fraction of sp³-hybridized carbons (Fsp3) is 0.750. The summed E-state index contributed by atoms with van der Waals surface area (Å²) in [6, 6.07) is 8.12. The van der Waals surface area contributed by atoms with Gasteiger partial charge in [0.1, 0.15) is 37.3 Å². The Morgan fingerprint density at radius 1 is 1.11 bits per heavy atom. The fourth-order valence-electron chi connectivity index (χ4n) is 5.59. The Hall–Kier alpha value is -1.71. The van der Waals surface area contributed by atoms with E-state index in [-0.39, 0.29) is 47.9 Å². The highest BCUT2D eigenvalue weighted by molar-refractivity contribution is 5.65. The van der Waals surface area contributed by atoms with Crippen molar-refractivity contribution in [2.75, 3.05) is 26.4 Å². The van der Waals surface area contributed by atoms with E-state index < -0.39 is 5.79 Å². The molecule has 0 amide bonds. The molecule has 1 aromatic carbocycles. The normalized spacial score (nSPS) is 37.1. The van der Waals surface area contributed by atoms with Gasteiger partial charge in [-0.15, -0.1) is 0 Å². The van der Waals surface area contributed by atoms with E-state index in [1.165, 1.54) is 6.92 Å². The van der Waals surface area contributed by atoms with Crippen LogP contribution in [0.5, 0.6) is 5.75 Å². The highest BCUT2D eigenvalue weighted by Gasteiger charge is 2.64. The molecule has 3 fully saturated rings. The van der Waals surface area contributed by atoms with Crippen molar-refractivity contribution >= 4 is 5.97 Å². The summed E-state index contributed by atoms with van der Waals surface area (Å²) in [4.78, 5) is 18.1. The number of hydroxylamine groups is 2. The van der Waals surface area contributed by atoms with Crippen LogP contribution in [0.3, 0.4) is 0 Å². The van der Waals surface area contributed by atoms with Crippen LogP contribution in [0.4, 0.5) is 0 Å². The van der Waals surface area contributed by atoms with Gasteiger partial charge in [-0.2, -0.15) is 5.06 Å². The molecule has 8 nitrogen and oxygen atoms in total. The second kappa shape index (κ2) is 10.6. The van der Waals surface area contributed by atoms with E-state index in [0.29, 0.717) is 19.6 Å². The number of carbonyl (C=O) groups excluding carboxylic acids is 1. The zero-order chi connectivity index (χ0) is 26.1. The van der Waals surface area contributed by atoms with Gasteiger partial charge >= 0.3 is 5.97 Å². The van der Waals surface area contributed by atoms with Gasteiger partial charge < -0.3 is 23.7 Å². The van der Waals surface area contributed by atoms with Gasteiger partial charge in [0.2, 0.25) is 0 Å². The minimum absolute atomic E-state index is 0.0181. The van der Waals surface area contributed by atoms with E-state index in [2.05, 4.69) is 58.7 Å². The zero-order valence-electron chi connectivity index (χ0n) is 22.9. The van der Waals surface area contributed by atoms with Gasteiger partial charge in [0.05, 0.1) is 18.8 Å². The van der Waals surface area contributed by atoms with Crippen LogP contribution in [0.1, 0.15) is 79.4 Å². The molecule has 202 valence electrons. The minimum atomic E-state index is -0.756. The third kappa shape index (κ3) is 5.43. The van der Waals surface area contributed by atoms with Gasteiger partial charge in [-0.25, -0.2) is 0 Å². The molecule has 36 heavy (non-hydrogen) atoms. The van der Waals surface area contributed by atoms with Gasteiger partial charge in [0.25, 0.3) is 0 Å². The first-order valence-electron chi connectivity index (χ1n) is 13.3. The van der Waals surface area contributed by atoms with Crippen molar-refractivity contribution in [1.29, 1.82) is 0 Å². The van der Waals surface area contributed by atoms with E-state index in [9.17, 15) is 4.79 Å². The summed E-state index contributed by atoms with van der Waals surface area (Å²) >= 11 is 0. The second-order valence-electron chi connectivity index (χ2n) is 11.0. The molecule has 0 radical (unpaired) electrons. The quantitative estimate of drug-likeness (QED) is 0.331. The van der Waals surface area contributed by atoms with Gasteiger partial charge in [-0.05, 0) is 51.3 Å². The van der Waals surface area contributed by atoms with E-state index in [0.717, 1.165) is 30.8 Å². The molecule has 7 atom stereocenters. The lowest BCUT2D eigenvalue weighted by Crippen LogP contribution is -2.71. The SMILES string of the molecule is CCC1(C)CC2(OCC(COC(C)=O)O2)C(C)C(C)(CC)N1OC(C)c1ccc(OCC2CO2)cc1. The number of piperidine rings is 1. The Balaban J connectivity index is 1.51. The van der Waals surface area contributed by atoms with Crippen LogP contribution in [-0.2, 0) is 28.6 Å². The third-order valence-electron chi connectivity index (χ3n) is 8.46. The predicted octanol–water partition coefficient (Wildman–Crippen LogP) is 4.81. The molecule has 0 N–H and O–H groups in total. The Morgan fingerprint density at radius 3 is 2.39 bits per heavy atom. The molecule has 3 aliphatic heterocycles. The summed E-state index contributed by atoms with van der Waals surface area (Å²) in [6.07, 6.45) is 2.20. The van der Waals surface area contributed by atoms with Crippen molar-refractivity contribution in [1.82, 2.24) is 5.06 Å². The van der Waals surface area contributed by atoms with E-state index >= 15 is 0 Å². The van der Waals surface area contributed by atoms with Crippen LogP contribution in [0.25, 0.3) is 0 Å². The number of rotatable bonds is 10. The largest absolute Gasteiger partial charge is 0.491 e. The smallest absolute Gasteiger partial charge is 0.302 e.